The van der Waals surface area contributed by atoms with E-state index in [1.54, 1.807) is 29.0 Å². The molecule has 1 aromatic heterocycles. The minimum atomic E-state index is -4.59. The van der Waals surface area contributed by atoms with Gasteiger partial charge in [-0.05, 0) is 12.1 Å². The summed E-state index contributed by atoms with van der Waals surface area (Å²) in [6.07, 6.45) is -2.89. The molecule has 0 amide bonds. The van der Waals surface area contributed by atoms with Gasteiger partial charge in [-0.15, -0.1) is 13.2 Å². The van der Waals surface area contributed by atoms with Crippen LogP contribution in [0.2, 0.25) is 0 Å². The van der Waals surface area contributed by atoms with Gasteiger partial charge in [0.15, 0.2) is 0 Å². The van der Waals surface area contributed by atoms with E-state index in [1.807, 2.05) is 6.07 Å². The summed E-state index contributed by atoms with van der Waals surface area (Å²) >= 11 is 0. The molecule has 2 rings (SSSR count). The van der Waals surface area contributed by atoms with Gasteiger partial charge in [0.05, 0.1) is 17.8 Å². The molecule has 1 heterocycles. The van der Waals surface area contributed by atoms with Gasteiger partial charge in [0.25, 0.3) is 0 Å². The van der Waals surface area contributed by atoms with Gasteiger partial charge < -0.3 is 10.3 Å². The molecule has 0 spiro atoms. The van der Waals surface area contributed by atoms with Crippen LogP contribution in [0.5, 0.6) is 0 Å². The lowest BCUT2D eigenvalue weighted by Crippen LogP contribution is -2.17. The maximum Gasteiger partial charge on any atom is 0.522 e. The number of anilines is 1. The third-order valence-electron chi connectivity index (χ3n) is 2.42. The first-order valence-corrected chi connectivity index (χ1v) is 5.01. The first-order valence-electron chi connectivity index (χ1n) is 5.01. The highest BCUT2D eigenvalue weighted by Gasteiger charge is 2.28. The summed E-state index contributed by atoms with van der Waals surface area (Å²) in [5.74, 6) is 0. The lowest BCUT2D eigenvalue weighted by atomic mass is 10.2. The Hall–Kier alpha value is -1.69. The zero-order valence-electron chi connectivity index (χ0n) is 8.87. The molecule has 0 bridgehead atoms. The number of para-hydroxylation sites is 1. The summed E-state index contributed by atoms with van der Waals surface area (Å²) in [6, 6.07) is 7.17. The van der Waals surface area contributed by atoms with E-state index >= 15 is 0 Å². The number of alkyl halides is 3. The fourth-order valence-corrected chi connectivity index (χ4v) is 1.74. The van der Waals surface area contributed by atoms with Gasteiger partial charge in [0.2, 0.25) is 0 Å². The molecule has 0 atom stereocenters. The summed E-state index contributed by atoms with van der Waals surface area (Å²) in [6.45, 7) is -0.321. The minimum Gasteiger partial charge on any atom is -0.397 e. The Morgan fingerprint density at radius 3 is 2.71 bits per heavy atom. The molecule has 1 aromatic carbocycles. The van der Waals surface area contributed by atoms with E-state index in [4.69, 9.17) is 5.73 Å². The Kier molecular flexibility index (Phi) is 2.97. The number of ether oxygens (including phenoxy) is 1. The van der Waals surface area contributed by atoms with Crippen molar-refractivity contribution in [1.29, 1.82) is 0 Å². The first kappa shape index (κ1) is 11.8. The highest BCUT2D eigenvalue weighted by Crippen LogP contribution is 2.22. The van der Waals surface area contributed by atoms with E-state index in [2.05, 4.69) is 4.74 Å². The fourth-order valence-electron chi connectivity index (χ4n) is 1.74. The van der Waals surface area contributed by atoms with Crippen molar-refractivity contribution in [2.45, 2.75) is 12.9 Å². The van der Waals surface area contributed by atoms with Gasteiger partial charge in [0.1, 0.15) is 0 Å². The lowest BCUT2D eigenvalue weighted by Gasteiger charge is -2.09. The predicted octanol–water partition coefficient (Wildman–Crippen LogP) is 2.76. The summed E-state index contributed by atoms with van der Waals surface area (Å²) in [5, 5.41) is 0.900. The Morgan fingerprint density at radius 2 is 2.00 bits per heavy atom. The quantitative estimate of drug-likeness (QED) is 0.843. The van der Waals surface area contributed by atoms with Crippen LogP contribution in [0.3, 0.4) is 0 Å². The standard InChI is InChI=1S/C11H11F3N2O/c12-11(13,14)17-7-6-16-5-4-8-2-1-3-9(15)10(8)16/h1-5H,6-7,15H2. The third-order valence-corrected chi connectivity index (χ3v) is 2.42. The van der Waals surface area contributed by atoms with Crippen molar-refractivity contribution in [1.82, 2.24) is 4.57 Å². The zero-order valence-corrected chi connectivity index (χ0v) is 8.87. The number of nitrogens with two attached hydrogens (primary N) is 1. The molecule has 2 N–H and O–H groups in total. The third kappa shape index (κ3) is 2.71. The van der Waals surface area contributed by atoms with Crippen molar-refractivity contribution >= 4 is 16.6 Å². The number of halogens is 3. The van der Waals surface area contributed by atoms with Gasteiger partial charge in [-0.3, -0.25) is 4.74 Å². The topological polar surface area (TPSA) is 40.2 Å². The molecule has 6 heteroatoms. The van der Waals surface area contributed by atoms with E-state index < -0.39 is 13.0 Å². The maximum atomic E-state index is 11.8. The van der Waals surface area contributed by atoms with Crippen LogP contribution in [0.4, 0.5) is 18.9 Å². The van der Waals surface area contributed by atoms with Gasteiger partial charge in [-0.1, -0.05) is 12.1 Å². The minimum absolute atomic E-state index is 0.108. The lowest BCUT2D eigenvalue weighted by molar-refractivity contribution is -0.325. The second-order valence-corrected chi connectivity index (χ2v) is 3.59. The van der Waals surface area contributed by atoms with Crippen LogP contribution >= 0.6 is 0 Å². The number of hydrogen-bond donors (Lipinski definition) is 1. The molecular weight excluding hydrogens is 233 g/mol. The fraction of sp³-hybridized carbons (Fsp3) is 0.273. The normalized spacial score (nSPS) is 12.2. The van der Waals surface area contributed by atoms with Crippen molar-refractivity contribution in [3.63, 3.8) is 0 Å². The first-order chi connectivity index (χ1) is 7.97. The molecule has 0 aliphatic carbocycles. The van der Waals surface area contributed by atoms with Crippen molar-refractivity contribution in [2.75, 3.05) is 12.3 Å². The Bertz CT molecular complexity index is 519. The molecule has 0 saturated carbocycles. The van der Waals surface area contributed by atoms with Crippen molar-refractivity contribution in [2.24, 2.45) is 0 Å². The number of fused-ring (bicyclic) bond motifs is 1. The van der Waals surface area contributed by atoms with Crippen molar-refractivity contribution < 1.29 is 17.9 Å². The zero-order chi connectivity index (χ0) is 12.5. The number of aromatic nitrogens is 1. The van der Waals surface area contributed by atoms with Crippen LogP contribution in [0.1, 0.15) is 0 Å². The van der Waals surface area contributed by atoms with Gasteiger partial charge >= 0.3 is 6.36 Å². The highest BCUT2D eigenvalue weighted by atomic mass is 19.4. The van der Waals surface area contributed by atoms with E-state index in [0.29, 0.717) is 5.69 Å². The number of rotatable bonds is 3. The molecule has 0 fully saturated rings. The van der Waals surface area contributed by atoms with Crippen molar-refractivity contribution in [3.8, 4) is 0 Å². The number of hydrogen-bond acceptors (Lipinski definition) is 2. The van der Waals surface area contributed by atoms with E-state index in [9.17, 15) is 13.2 Å². The Balaban J connectivity index is 2.14. The van der Waals surface area contributed by atoms with Gasteiger partial charge in [-0.25, -0.2) is 0 Å². The van der Waals surface area contributed by atoms with E-state index in [-0.39, 0.29) is 6.54 Å². The van der Waals surface area contributed by atoms with E-state index in [0.717, 1.165) is 10.9 Å². The van der Waals surface area contributed by atoms with Crippen LogP contribution in [0.15, 0.2) is 30.5 Å². The average molecular weight is 244 g/mol. The molecule has 0 aliphatic rings. The van der Waals surface area contributed by atoms with Crippen LogP contribution in [-0.4, -0.2) is 17.5 Å². The van der Waals surface area contributed by atoms with E-state index in [1.165, 1.54) is 0 Å². The predicted molar refractivity (Wildman–Crippen MR) is 58.4 cm³/mol. The van der Waals surface area contributed by atoms with Crippen LogP contribution in [0.25, 0.3) is 10.9 Å². The van der Waals surface area contributed by atoms with Crippen LogP contribution in [-0.2, 0) is 11.3 Å². The van der Waals surface area contributed by atoms with Crippen molar-refractivity contribution in [3.05, 3.63) is 30.5 Å². The smallest absolute Gasteiger partial charge is 0.397 e. The summed E-state index contributed by atoms with van der Waals surface area (Å²) in [7, 11) is 0. The van der Waals surface area contributed by atoms with Crippen LogP contribution in [0, 0.1) is 0 Å². The second-order valence-electron chi connectivity index (χ2n) is 3.59. The molecule has 2 aromatic rings. The summed E-state index contributed by atoms with van der Waals surface area (Å²) in [4.78, 5) is 0. The molecule has 92 valence electrons. The molecule has 0 radical (unpaired) electrons. The highest BCUT2D eigenvalue weighted by molar-refractivity contribution is 5.90. The molecule has 0 saturated heterocycles. The Labute approximate surface area is 95.6 Å². The molecular formula is C11H11F3N2O. The second kappa shape index (κ2) is 4.29. The molecule has 3 nitrogen and oxygen atoms in total. The van der Waals surface area contributed by atoms with Gasteiger partial charge in [0, 0.05) is 18.1 Å². The maximum absolute atomic E-state index is 11.8. The molecule has 0 aliphatic heterocycles. The largest absolute Gasteiger partial charge is 0.522 e. The molecule has 17 heavy (non-hydrogen) atoms. The summed E-state index contributed by atoms with van der Waals surface area (Å²) in [5.41, 5.74) is 7.05. The monoisotopic (exact) mass is 244 g/mol. The van der Waals surface area contributed by atoms with Crippen LogP contribution < -0.4 is 5.73 Å². The molecule has 0 unspecified atom stereocenters. The number of benzene rings is 1. The summed E-state index contributed by atoms with van der Waals surface area (Å²) < 4.78 is 40.8. The average Bonchev–Trinajstić information content (AvgIpc) is 2.61. The van der Waals surface area contributed by atoms with Gasteiger partial charge in [-0.2, -0.15) is 0 Å². The Morgan fingerprint density at radius 1 is 1.24 bits per heavy atom. The number of nitrogen functional groups attached to an aromatic ring is 1. The number of nitrogens with zero attached hydrogens (tertiary/aromatic N) is 1. The SMILES string of the molecule is Nc1cccc2ccn(CCOC(F)(F)F)c12.